The maximum absolute atomic E-state index is 12.3. The van der Waals surface area contributed by atoms with E-state index in [0.717, 1.165) is 11.3 Å². The van der Waals surface area contributed by atoms with Gasteiger partial charge >= 0.3 is 5.97 Å². The number of benzene rings is 1. The molecule has 0 spiro atoms. The Morgan fingerprint density at radius 3 is 2.44 bits per heavy atom. The number of ether oxygens (including phenoxy) is 3. The summed E-state index contributed by atoms with van der Waals surface area (Å²) in [4.78, 5) is 23.8. The smallest absolute Gasteiger partial charge is 0.303 e. The van der Waals surface area contributed by atoms with Crippen molar-refractivity contribution in [2.75, 3.05) is 7.11 Å². The number of hydrogen-bond acceptors (Lipinski definition) is 5. The monoisotopic (exact) mass is 346 g/mol. The summed E-state index contributed by atoms with van der Waals surface area (Å²) in [6.07, 6.45) is 1.08. The Hall–Kier alpha value is -2.14. The lowest BCUT2D eigenvalue weighted by Crippen LogP contribution is -2.43. The topological polar surface area (TPSA) is 61.8 Å². The number of methoxy groups -OCH3 is 1. The van der Waals surface area contributed by atoms with Crippen LogP contribution in [0.15, 0.2) is 35.9 Å². The summed E-state index contributed by atoms with van der Waals surface area (Å²) in [5, 5.41) is 0. The second-order valence-corrected chi connectivity index (χ2v) is 7.09. The first-order chi connectivity index (χ1) is 11.7. The van der Waals surface area contributed by atoms with Gasteiger partial charge in [-0.05, 0) is 36.3 Å². The normalized spacial score (nSPS) is 22.8. The van der Waals surface area contributed by atoms with Gasteiger partial charge in [0.1, 0.15) is 18.0 Å². The van der Waals surface area contributed by atoms with Crippen molar-refractivity contribution >= 4 is 11.8 Å². The first-order valence-corrected chi connectivity index (χ1v) is 8.36. The first kappa shape index (κ1) is 19.2. The van der Waals surface area contributed by atoms with Crippen LogP contribution in [0.5, 0.6) is 5.75 Å². The predicted octanol–water partition coefficient (Wildman–Crippen LogP) is 3.46. The lowest BCUT2D eigenvalue weighted by Gasteiger charge is -2.35. The molecule has 0 fully saturated rings. The molecule has 0 amide bonds. The van der Waals surface area contributed by atoms with E-state index < -0.39 is 17.6 Å². The maximum Gasteiger partial charge on any atom is 0.303 e. The van der Waals surface area contributed by atoms with Crippen molar-refractivity contribution < 1.29 is 23.8 Å². The minimum atomic E-state index is -0.523. The van der Waals surface area contributed by atoms with E-state index >= 15 is 0 Å². The summed E-state index contributed by atoms with van der Waals surface area (Å²) in [5.41, 5.74) is 1.10. The van der Waals surface area contributed by atoms with Gasteiger partial charge < -0.3 is 14.2 Å². The van der Waals surface area contributed by atoms with Crippen LogP contribution in [-0.4, -0.2) is 31.1 Å². The van der Waals surface area contributed by atoms with Gasteiger partial charge in [-0.3, -0.25) is 9.59 Å². The van der Waals surface area contributed by atoms with Crippen LogP contribution in [0.1, 0.15) is 39.7 Å². The first-order valence-electron chi connectivity index (χ1n) is 8.36. The number of rotatable bonds is 5. The van der Waals surface area contributed by atoms with E-state index in [1.54, 1.807) is 20.1 Å². The van der Waals surface area contributed by atoms with Crippen LogP contribution in [0.3, 0.4) is 0 Å². The number of carbonyl (C=O) groups is 2. The molecule has 0 radical (unpaired) electrons. The third kappa shape index (κ3) is 4.92. The molecule has 1 aliphatic rings. The van der Waals surface area contributed by atoms with Crippen LogP contribution in [0.25, 0.3) is 0 Å². The third-order valence-corrected chi connectivity index (χ3v) is 4.43. The molecule has 1 aromatic carbocycles. The average Bonchev–Trinajstić information content (AvgIpc) is 2.62. The van der Waals surface area contributed by atoms with Crippen molar-refractivity contribution in [2.24, 2.45) is 5.41 Å². The number of Topliss-reactive ketones (excluding diaryl/α,β-unsaturated/α-hetero) is 1. The fraction of sp³-hybridized carbons (Fsp3) is 0.500. The van der Waals surface area contributed by atoms with Crippen molar-refractivity contribution in [2.45, 2.75) is 52.9 Å². The van der Waals surface area contributed by atoms with Crippen LogP contribution in [0.4, 0.5) is 0 Å². The van der Waals surface area contributed by atoms with Gasteiger partial charge in [-0.15, -0.1) is 0 Å². The summed E-state index contributed by atoms with van der Waals surface area (Å²) >= 11 is 0. The molecule has 2 unspecified atom stereocenters. The quantitative estimate of drug-likeness (QED) is 0.764. The van der Waals surface area contributed by atoms with Gasteiger partial charge in [-0.1, -0.05) is 26.0 Å². The number of carbonyl (C=O) groups excluding carboxylic acids is 2. The molecule has 0 heterocycles. The second-order valence-electron chi connectivity index (χ2n) is 7.09. The summed E-state index contributed by atoms with van der Waals surface area (Å²) < 4.78 is 16.7. The Bertz CT molecular complexity index is 657. The van der Waals surface area contributed by atoms with E-state index in [4.69, 9.17) is 14.2 Å². The highest BCUT2D eigenvalue weighted by Crippen LogP contribution is 2.36. The fourth-order valence-corrected chi connectivity index (χ4v) is 2.98. The predicted molar refractivity (Wildman–Crippen MR) is 94.3 cm³/mol. The molecule has 2 atom stereocenters. The molecule has 0 aliphatic heterocycles. The van der Waals surface area contributed by atoms with Gasteiger partial charge in [-0.25, -0.2) is 0 Å². The molecule has 2 rings (SSSR count). The molecule has 0 aromatic heterocycles. The summed E-state index contributed by atoms with van der Waals surface area (Å²) in [5.74, 6) is 0.452. The molecule has 5 heteroatoms. The largest absolute Gasteiger partial charge is 0.497 e. The van der Waals surface area contributed by atoms with E-state index in [1.807, 2.05) is 38.1 Å². The zero-order valence-electron chi connectivity index (χ0n) is 15.5. The molecule has 5 nitrogen and oxygen atoms in total. The molecule has 0 N–H and O–H groups in total. The van der Waals surface area contributed by atoms with E-state index in [-0.39, 0.29) is 11.8 Å². The minimum Gasteiger partial charge on any atom is -0.497 e. The van der Waals surface area contributed by atoms with Crippen molar-refractivity contribution in [1.29, 1.82) is 0 Å². The van der Waals surface area contributed by atoms with E-state index in [0.29, 0.717) is 18.6 Å². The van der Waals surface area contributed by atoms with E-state index in [2.05, 4.69) is 0 Å². The lowest BCUT2D eigenvalue weighted by molar-refractivity contribution is -0.164. The highest BCUT2D eigenvalue weighted by Gasteiger charge is 2.42. The number of allylic oxidation sites excluding steroid dienone is 1. The van der Waals surface area contributed by atoms with E-state index in [9.17, 15) is 9.59 Å². The summed E-state index contributed by atoms with van der Waals surface area (Å²) in [6, 6.07) is 7.57. The van der Waals surface area contributed by atoms with Gasteiger partial charge in [0.15, 0.2) is 5.78 Å². The molecule has 0 saturated heterocycles. The highest BCUT2D eigenvalue weighted by atomic mass is 16.6. The van der Waals surface area contributed by atoms with Gasteiger partial charge in [0.05, 0.1) is 13.7 Å². The Kier molecular flexibility index (Phi) is 6.01. The Morgan fingerprint density at radius 2 is 1.88 bits per heavy atom. The summed E-state index contributed by atoms with van der Waals surface area (Å²) in [7, 11) is 1.62. The minimum absolute atomic E-state index is 0.0534. The number of ketones is 1. The summed E-state index contributed by atoms with van der Waals surface area (Å²) in [6.45, 7) is 7.35. The highest BCUT2D eigenvalue weighted by molar-refractivity contribution is 5.95. The zero-order valence-corrected chi connectivity index (χ0v) is 15.5. The molecule has 0 bridgehead atoms. The SMILES string of the molecule is COc1ccc(COC2C=C(C)C(=O)CC(C)(C)C2OC(C)=O)cc1. The van der Waals surface area contributed by atoms with Crippen molar-refractivity contribution in [3.05, 3.63) is 41.5 Å². The standard InChI is InChI=1S/C20H26O5/c1-13-10-18(24-12-15-6-8-16(23-5)9-7-15)19(25-14(2)21)20(3,4)11-17(13)22/h6-10,18-19H,11-12H2,1-5H3. The molecular formula is C20H26O5. The second kappa shape index (κ2) is 7.83. The molecule has 136 valence electrons. The van der Waals surface area contributed by atoms with Gasteiger partial charge in [0.2, 0.25) is 0 Å². The number of hydrogen-bond donors (Lipinski definition) is 0. The van der Waals surface area contributed by atoms with Crippen molar-refractivity contribution in [3.8, 4) is 5.75 Å². The average molecular weight is 346 g/mol. The maximum atomic E-state index is 12.3. The Morgan fingerprint density at radius 1 is 1.24 bits per heavy atom. The van der Waals surface area contributed by atoms with Crippen molar-refractivity contribution in [1.82, 2.24) is 0 Å². The molecule has 1 aliphatic carbocycles. The van der Waals surface area contributed by atoms with Gasteiger partial charge in [-0.2, -0.15) is 0 Å². The van der Waals surface area contributed by atoms with Crippen LogP contribution < -0.4 is 4.74 Å². The van der Waals surface area contributed by atoms with Gasteiger partial charge in [0, 0.05) is 18.8 Å². The molecule has 1 aromatic rings. The van der Waals surface area contributed by atoms with Crippen LogP contribution in [-0.2, 0) is 25.7 Å². The zero-order chi connectivity index (χ0) is 18.6. The Balaban J connectivity index is 2.21. The van der Waals surface area contributed by atoms with Crippen LogP contribution >= 0.6 is 0 Å². The lowest BCUT2D eigenvalue weighted by atomic mass is 9.80. The van der Waals surface area contributed by atoms with Crippen LogP contribution in [0.2, 0.25) is 0 Å². The fourth-order valence-electron chi connectivity index (χ4n) is 2.98. The Labute approximate surface area is 149 Å². The number of esters is 1. The molecule has 0 saturated carbocycles. The van der Waals surface area contributed by atoms with Crippen LogP contribution in [0, 0.1) is 5.41 Å². The van der Waals surface area contributed by atoms with Gasteiger partial charge in [0.25, 0.3) is 0 Å². The third-order valence-electron chi connectivity index (χ3n) is 4.43. The molecular weight excluding hydrogens is 320 g/mol. The van der Waals surface area contributed by atoms with Crippen molar-refractivity contribution in [3.63, 3.8) is 0 Å². The molecule has 25 heavy (non-hydrogen) atoms. The van der Waals surface area contributed by atoms with E-state index in [1.165, 1.54) is 6.92 Å².